The number of carboxylic acids is 1. The number of hydrogen-bond donors (Lipinski definition) is 2. The first-order chi connectivity index (χ1) is 20.8. The molecular formula is C35H53FN2O5. The lowest BCUT2D eigenvalue weighted by atomic mass is 9.92. The van der Waals surface area contributed by atoms with E-state index in [-0.39, 0.29) is 6.10 Å². The minimum absolute atomic E-state index is 0.0904. The predicted molar refractivity (Wildman–Crippen MR) is 170 cm³/mol. The summed E-state index contributed by atoms with van der Waals surface area (Å²) in [6, 6.07) is 6.42. The van der Waals surface area contributed by atoms with Gasteiger partial charge in [0.2, 0.25) is 0 Å². The maximum atomic E-state index is 13.2. The Morgan fingerprint density at radius 1 is 1.16 bits per heavy atom. The lowest BCUT2D eigenvalue weighted by Gasteiger charge is -2.20. The van der Waals surface area contributed by atoms with Gasteiger partial charge in [-0.15, -0.1) is 0 Å². The SMILES string of the molecule is CC(C(=O)O)c1cc(F)ccc1C1CCCO1.CCC(C)CC(CC)OCCCCCc1cc(OC)c2c(n1)NCCC2. The van der Waals surface area contributed by atoms with Gasteiger partial charge in [-0.25, -0.2) is 9.37 Å². The number of fused-ring (bicyclic) bond motifs is 1. The summed E-state index contributed by atoms with van der Waals surface area (Å²) in [5, 5.41) is 12.4. The molecule has 8 heteroatoms. The van der Waals surface area contributed by atoms with Gasteiger partial charge in [0.25, 0.3) is 0 Å². The molecule has 43 heavy (non-hydrogen) atoms. The third-order valence-electron chi connectivity index (χ3n) is 8.66. The number of aliphatic carboxylic acids is 1. The molecule has 2 N–H and O–H groups in total. The van der Waals surface area contributed by atoms with Crippen molar-refractivity contribution in [3.63, 3.8) is 0 Å². The Morgan fingerprint density at radius 2 is 1.98 bits per heavy atom. The number of rotatable bonds is 15. The van der Waals surface area contributed by atoms with Crippen LogP contribution in [0.3, 0.4) is 0 Å². The van der Waals surface area contributed by atoms with E-state index in [1.54, 1.807) is 20.1 Å². The average molecular weight is 601 g/mol. The Hall–Kier alpha value is -2.71. The Bertz CT molecular complexity index is 1120. The van der Waals surface area contributed by atoms with Crippen LogP contribution < -0.4 is 10.1 Å². The number of aromatic nitrogens is 1. The van der Waals surface area contributed by atoms with Crippen LogP contribution in [-0.4, -0.2) is 49.0 Å². The van der Waals surface area contributed by atoms with Crippen LogP contribution in [-0.2, 0) is 27.1 Å². The number of nitrogens with zero attached hydrogens (tertiary/aromatic N) is 1. The van der Waals surface area contributed by atoms with E-state index < -0.39 is 17.7 Å². The zero-order valence-corrected chi connectivity index (χ0v) is 26.9. The van der Waals surface area contributed by atoms with Crippen molar-refractivity contribution in [3.8, 4) is 5.75 Å². The zero-order valence-electron chi connectivity index (χ0n) is 26.9. The van der Waals surface area contributed by atoms with Crippen molar-refractivity contribution < 1.29 is 28.5 Å². The summed E-state index contributed by atoms with van der Waals surface area (Å²) in [5.74, 6) is 0.717. The topological polar surface area (TPSA) is 89.9 Å². The molecule has 2 aliphatic rings. The summed E-state index contributed by atoms with van der Waals surface area (Å²) in [5.41, 5.74) is 3.70. The molecule has 1 aromatic heterocycles. The first kappa shape index (κ1) is 34.8. The molecule has 4 atom stereocenters. The fourth-order valence-corrected chi connectivity index (χ4v) is 5.74. The molecule has 1 aromatic carbocycles. The number of carbonyl (C=O) groups is 1. The second-order valence-electron chi connectivity index (χ2n) is 12.0. The van der Waals surface area contributed by atoms with Gasteiger partial charge in [0.05, 0.1) is 25.2 Å². The van der Waals surface area contributed by atoms with Gasteiger partial charge in [-0.2, -0.15) is 0 Å². The number of anilines is 1. The molecule has 2 aliphatic heterocycles. The van der Waals surface area contributed by atoms with Crippen molar-refractivity contribution in [2.75, 3.05) is 32.2 Å². The highest BCUT2D eigenvalue weighted by molar-refractivity contribution is 5.76. The van der Waals surface area contributed by atoms with Crippen molar-refractivity contribution in [1.82, 2.24) is 4.98 Å². The lowest BCUT2D eigenvalue weighted by Crippen LogP contribution is -2.16. The molecule has 3 heterocycles. The standard InChI is InChI=1S/C22H38N2O2.C13H15FO3/c1-5-17(3)15-19(6-2)26-14-9-7-8-11-18-16-21(25-4)20-12-10-13-23-22(20)24-18;1-8(13(15)16)11-7-9(14)4-5-10(11)12-3-2-6-17-12/h16-17,19H,5-15H2,1-4H3,(H,23,24);4-5,7-8,12H,2-3,6H2,1H3,(H,15,16). The normalized spacial score (nSPS) is 18.0. The van der Waals surface area contributed by atoms with Crippen LogP contribution in [0.5, 0.6) is 5.75 Å². The second-order valence-corrected chi connectivity index (χ2v) is 12.0. The van der Waals surface area contributed by atoms with Gasteiger partial charge in [-0.05, 0) is 93.9 Å². The van der Waals surface area contributed by atoms with Gasteiger partial charge in [-0.3, -0.25) is 4.79 Å². The summed E-state index contributed by atoms with van der Waals surface area (Å²) in [4.78, 5) is 15.8. The van der Waals surface area contributed by atoms with E-state index in [2.05, 4.69) is 32.2 Å². The van der Waals surface area contributed by atoms with Crippen molar-refractivity contribution >= 4 is 11.8 Å². The quantitative estimate of drug-likeness (QED) is 0.199. The molecule has 0 spiro atoms. The number of unbranched alkanes of at least 4 members (excludes halogenated alkanes) is 2. The van der Waals surface area contributed by atoms with Gasteiger partial charge >= 0.3 is 5.97 Å². The number of nitrogens with one attached hydrogen (secondary N) is 1. The number of carboxylic acid groups (broad SMARTS) is 1. The van der Waals surface area contributed by atoms with Gasteiger partial charge in [-0.1, -0.05) is 39.7 Å². The molecule has 0 bridgehead atoms. The summed E-state index contributed by atoms with van der Waals surface area (Å²) >= 11 is 0. The van der Waals surface area contributed by atoms with Gasteiger partial charge in [0.1, 0.15) is 17.4 Å². The smallest absolute Gasteiger partial charge is 0.310 e. The molecule has 0 radical (unpaired) electrons. The molecule has 4 rings (SSSR count). The van der Waals surface area contributed by atoms with E-state index in [4.69, 9.17) is 24.3 Å². The summed E-state index contributed by atoms with van der Waals surface area (Å²) in [7, 11) is 1.76. The summed E-state index contributed by atoms with van der Waals surface area (Å²) in [6.45, 7) is 11.0. The van der Waals surface area contributed by atoms with E-state index in [0.29, 0.717) is 18.3 Å². The number of hydrogen-bond acceptors (Lipinski definition) is 6. The van der Waals surface area contributed by atoms with Crippen molar-refractivity contribution in [1.29, 1.82) is 0 Å². The first-order valence-electron chi connectivity index (χ1n) is 16.3. The second kappa shape index (κ2) is 18.2. The molecule has 0 saturated carbocycles. The van der Waals surface area contributed by atoms with Crippen LogP contribution in [0, 0.1) is 11.7 Å². The maximum absolute atomic E-state index is 13.2. The maximum Gasteiger partial charge on any atom is 0.310 e. The predicted octanol–water partition coefficient (Wildman–Crippen LogP) is 8.26. The fourth-order valence-electron chi connectivity index (χ4n) is 5.74. The van der Waals surface area contributed by atoms with E-state index in [1.807, 2.05) is 0 Å². The summed E-state index contributed by atoms with van der Waals surface area (Å²) < 4.78 is 30.4. The largest absolute Gasteiger partial charge is 0.496 e. The van der Waals surface area contributed by atoms with Crippen molar-refractivity contribution in [2.24, 2.45) is 5.92 Å². The van der Waals surface area contributed by atoms with Crippen LogP contribution in [0.25, 0.3) is 0 Å². The Labute approximate surface area is 257 Å². The molecule has 7 nitrogen and oxygen atoms in total. The Kier molecular flexibility index (Phi) is 14.7. The van der Waals surface area contributed by atoms with E-state index in [1.165, 1.54) is 37.0 Å². The van der Waals surface area contributed by atoms with Gasteiger partial charge < -0.3 is 24.6 Å². The van der Waals surface area contributed by atoms with Gasteiger partial charge in [0.15, 0.2) is 0 Å². The number of aryl methyl sites for hydroxylation is 1. The fraction of sp³-hybridized carbons (Fsp3) is 0.657. The van der Waals surface area contributed by atoms with Crippen LogP contribution in [0.4, 0.5) is 10.2 Å². The number of pyridine rings is 1. The minimum Gasteiger partial charge on any atom is -0.496 e. The number of ether oxygens (including phenoxy) is 3. The first-order valence-corrected chi connectivity index (χ1v) is 16.3. The highest BCUT2D eigenvalue weighted by atomic mass is 19.1. The third kappa shape index (κ3) is 10.8. The monoisotopic (exact) mass is 600 g/mol. The highest BCUT2D eigenvalue weighted by Gasteiger charge is 2.25. The van der Waals surface area contributed by atoms with Crippen molar-refractivity contribution in [2.45, 2.75) is 116 Å². The van der Waals surface area contributed by atoms with E-state index in [9.17, 15) is 9.18 Å². The Balaban J connectivity index is 0.000000257. The van der Waals surface area contributed by atoms with Crippen LogP contribution >= 0.6 is 0 Å². The third-order valence-corrected chi connectivity index (χ3v) is 8.66. The Morgan fingerprint density at radius 3 is 2.65 bits per heavy atom. The van der Waals surface area contributed by atoms with Gasteiger partial charge in [0, 0.05) is 37.1 Å². The van der Waals surface area contributed by atoms with Crippen LogP contribution in [0.2, 0.25) is 0 Å². The van der Waals surface area contributed by atoms with Crippen molar-refractivity contribution in [3.05, 3.63) is 52.5 Å². The molecule has 0 aliphatic carbocycles. The van der Waals surface area contributed by atoms with E-state index >= 15 is 0 Å². The van der Waals surface area contributed by atoms with Crippen LogP contribution in [0.15, 0.2) is 24.3 Å². The van der Waals surface area contributed by atoms with E-state index in [0.717, 1.165) is 93.3 Å². The molecule has 240 valence electrons. The molecule has 1 saturated heterocycles. The zero-order chi connectivity index (χ0) is 31.2. The average Bonchev–Trinajstić information content (AvgIpc) is 3.56. The molecule has 2 aromatic rings. The number of halogens is 1. The highest BCUT2D eigenvalue weighted by Crippen LogP contribution is 2.34. The summed E-state index contributed by atoms with van der Waals surface area (Å²) in [6.07, 6.45) is 12.4. The molecule has 4 unspecified atom stereocenters. The number of benzene rings is 1. The molecule has 0 amide bonds. The van der Waals surface area contributed by atoms with Crippen LogP contribution in [0.1, 0.15) is 120 Å². The minimum atomic E-state index is -0.949. The molecule has 1 fully saturated rings. The lowest BCUT2D eigenvalue weighted by molar-refractivity contribution is -0.138. The number of methoxy groups -OCH3 is 1. The molecular weight excluding hydrogens is 547 g/mol.